The van der Waals surface area contributed by atoms with E-state index in [1.54, 1.807) is 24.6 Å². The van der Waals surface area contributed by atoms with E-state index in [4.69, 9.17) is 9.15 Å². The molecule has 0 bridgehead atoms. The summed E-state index contributed by atoms with van der Waals surface area (Å²) >= 11 is 0. The molecule has 0 fully saturated rings. The second-order valence-electron chi connectivity index (χ2n) is 4.34. The second-order valence-corrected chi connectivity index (χ2v) is 4.34. The fourth-order valence-electron chi connectivity index (χ4n) is 1.88. The Morgan fingerprint density at radius 2 is 2.00 bits per heavy atom. The molecule has 5 heteroatoms. The van der Waals surface area contributed by atoms with Crippen molar-refractivity contribution >= 4 is 5.97 Å². The summed E-state index contributed by atoms with van der Waals surface area (Å²) in [5, 5.41) is 4.20. The van der Waals surface area contributed by atoms with E-state index in [9.17, 15) is 4.79 Å². The molecule has 0 amide bonds. The van der Waals surface area contributed by atoms with Crippen molar-refractivity contribution in [3.8, 4) is 5.75 Å². The van der Waals surface area contributed by atoms with Crippen LogP contribution >= 0.6 is 0 Å². The van der Waals surface area contributed by atoms with Crippen molar-refractivity contribution in [2.45, 2.75) is 27.7 Å². The molecule has 2 aromatic rings. The Kier molecular flexibility index (Phi) is 2.98. The minimum Gasteiger partial charge on any atom is -0.466 e. The van der Waals surface area contributed by atoms with Crippen LogP contribution in [0.4, 0.5) is 0 Å². The first-order chi connectivity index (χ1) is 8.40. The van der Waals surface area contributed by atoms with Gasteiger partial charge < -0.3 is 9.15 Å². The molecular formula is C13H16N2O3. The summed E-state index contributed by atoms with van der Waals surface area (Å²) in [5.41, 5.74) is 1.97. The molecule has 0 aliphatic carbocycles. The van der Waals surface area contributed by atoms with Crippen LogP contribution in [0.5, 0.6) is 5.75 Å². The molecular weight excluding hydrogens is 232 g/mol. The van der Waals surface area contributed by atoms with Gasteiger partial charge in [-0.05, 0) is 33.8 Å². The largest absolute Gasteiger partial charge is 0.466 e. The minimum atomic E-state index is -0.413. The van der Waals surface area contributed by atoms with Gasteiger partial charge in [-0.1, -0.05) is 0 Å². The van der Waals surface area contributed by atoms with E-state index in [-0.39, 0.29) is 0 Å². The van der Waals surface area contributed by atoms with Gasteiger partial charge in [0.25, 0.3) is 0 Å². The van der Waals surface area contributed by atoms with Gasteiger partial charge in [0.2, 0.25) is 0 Å². The highest BCUT2D eigenvalue weighted by atomic mass is 16.5. The van der Waals surface area contributed by atoms with Gasteiger partial charge in [-0.15, -0.1) is 0 Å². The van der Waals surface area contributed by atoms with Gasteiger partial charge in [-0.25, -0.2) is 4.79 Å². The van der Waals surface area contributed by atoms with Crippen LogP contribution in [0.25, 0.3) is 0 Å². The SMILES string of the molecule is Cc1cc(C(=O)Oc2c(C)nn(C)c2C)c(C)o1. The van der Waals surface area contributed by atoms with E-state index in [0.717, 1.165) is 5.69 Å². The maximum atomic E-state index is 12.0. The van der Waals surface area contributed by atoms with Gasteiger partial charge in [0.05, 0.1) is 5.69 Å². The quantitative estimate of drug-likeness (QED) is 0.766. The highest BCUT2D eigenvalue weighted by Crippen LogP contribution is 2.24. The zero-order chi connectivity index (χ0) is 13.4. The Balaban J connectivity index is 2.29. The van der Waals surface area contributed by atoms with Crippen molar-refractivity contribution < 1.29 is 13.9 Å². The number of hydrogen-bond donors (Lipinski definition) is 0. The smallest absolute Gasteiger partial charge is 0.347 e. The first kappa shape index (κ1) is 12.4. The van der Waals surface area contributed by atoms with Crippen LogP contribution in [0.2, 0.25) is 0 Å². The molecule has 0 aromatic carbocycles. The lowest BCUT2D eigenvalue weighted by atomic mass is 10.2. The Morgan fingerprint density at radius 1 is 1.33 bits per heavy atom. The molecule has 0 saturated heterocycles. The molecule has 2 rings (SSSR count). The van der Waals surface area contributed by atoms with Crippen molar-refractivity contribution in [3.63, 3.8) is 0 Å². The standard InChI is InChI=1S/C13H16N2O3/c1-7-6-11(10(4)17-7)13(16)18-12-8(2)14-15(5)9(12)3/h6H,1-5H3. The number of nitrogens with zero attached hydrogens (tertiary/aromatic N) is 2. The zero-order valence-corrected chi connectivity index (χ0v) is 11.2. The third kappa shape index (κ3) is 2.03. The van der Waals surface area contributed by atoms with E-state index in [0.29, 0.717) is 28.5 Å². The molecule has 5 nitrogen and oxygen atoms in total. The van der Waals surface area contributed by atoms with Crippen LogP contribution in [0.15, 0.2) is 10.5 Å². The third-order valence-electron chi connectivity index (χ3n) is 2.90. The molecule has 0 spiro atoms. The van der Waals surface area contributed by atoms with Crippen LogP contribution in [0.3, 0.4) is 0 Å². The molecule has 0 atom stereocenters. The second kappa shape index (κ2) is 4.33. The van der Waals surface area contributed by atoms with Crippen LogP contribution in [0.1, 0.15) is 33.3 Å². The summed E-state index contributed by atoms with van der Waals surface area (Å²) in [7, 11) is 1.81. The Labute approximate surface area is 105 Å². The maximum Gasteiger partial charge on any atom is 0.347 e. The highest BCUT2D eigenvalue weighted by molar-refractivity contribution is 5.92. The number of aryl methyl sites for hydroxylation is 4. The molecule has 18 heavy (non-hydrogen) atoms. The molecule has 0 radical (unpaired) electrons. The fourth-order valence-corrected chi connectivity index (χ4v) is 1.88. The van der Waals surface area contributed by atoms with Crippen LogP contribution < -0.4 is 4.74 Å². The van der Waals surface area contributed by atoms with Crippen LogP contribution in [0, 0.1) is 27.7 Å². The minimum absolute atomic E-state index is 0.413. The predicted molar refractivity (Wildman–Crippen MR) is 65.8 cm³/mol. The number of furan rings is 1. The summed E-state index contributed by atoms with van der Waals surface area (Å²) in [6, 6.07) is 1.68. The number of carbonyl (C=O) groups excluding carboxylic acids is 1. The van der Waals surface area contributed by atoms with E-state index in [1.165, 1.54) is 0 Å². The number of hydrogen-bond acceptors (Lipinski definition) is 4. The van der Waals surface area contributed by atoms with Crippen molar-refractivity contribution in [2.24, 2.45) is 7.05 Å². The van der Waals surface area contributed by atoms with Gasteiger partial charge in [-0.3, -0.25) is 4.68 Å². The lowest BCUT2D eigenvalue weighted by Crippen LogP contribution is -2.09. The number of carbonyl (C=O) groups is 1. The van der Waals surface area contributed by atoms with Gasteiger partial charge >= 0.3 is 5.97 Å². The van der Waals surface area contributed by atoms with E-state index in [1.807, 2.05) is 20.9 Å². The van der Waals surface area contributed by atoms with Crippen LogP contribution in [-0.2, 0) is 7.05 Å². The summed E-state index contributed by atoms with van der Waals surface area (Å²) in [4.78, 5) is 12.0. The Hall–Kier alpha value is -2.04. The van der Waals surface area contributed by atoms with Gasteiger partial charge in [-0.2, -0.15) is 5.10 Å². The maximum absolute atomic E-state index is 12.0. The topological polar surface area (TPSA) is 57.3 Å². The number of ether oxygens (including phenoxy) is 1. The first-order valence-electron chi connectivity index (χ1n) is 5.69. The third-order valence-corrected chi connectivity index (χ3v) is 2.90. The zero-order valence-electron chi connectivity index (χ0n) is 11.2. The lowest BCUT2D eigenvalue weighted by Gasteiger charge is -2.03. The van der Waals surface area contributed by atoms with Crippen molar-refractivity contribution in [3.05, 3.63) is 34.5 Å². The van der Waals surface area contributed by atoms with Gasteiger partial charge in [0.15, 0.2) is 5.75 Å². The number of aromatic nitrogens is 2. The predicted octanol–water partition coefficient (Wildman–Crippen LogP) is 2.47. The van der Waals surface area contributed by atoms with Crippen molar-refractivity contribution in [1.29, 1.82) is 0 Å². The summed E-state index contributed by atoms with van der Waals surface area (Å²) < 4.78 is 12.4. The van der Waals surface area contributed by atoms with E-state index in [2.05, 4.69) is 5.10 Å². The molecule has 2 aromatic heterocycles. The normalized spacial score (nSPS) is 10.7. The Morgan fingerprint density at radius 3 is 2.44 bits per heavy atom. The fraction of sp³-hybridized carbons (Fsp3) is 0.385. The Bertz CT molecular complexity index is 608. The van der Waals surface area contributed by atoms with Crippen LogP contribution in [-0.4, -0.2) is 15.7 Å². The molecule has 0 saturated carbocycles. The summed E-state index contributed by atoms with van der Waals surface area (Å²) in [6.45, 7) is 7.20. The lowest BCUT2D eigenvalue weighted by molar-refractivity contribution is 0.0730. The first-order valence-corrected chi connectivity index (χ1v) is 5.69. The van der Waals surface area contributed by atoms with Crippen molar-refractivity contribution in [2.75, 3.05) is 0 Å². The average Bonchev–Trinajstić information content (AvgIpc) is 2.73. The summed E-state index contributed by atoms with van der Waals surface area (Å²) in [6.07, 6.45) is 0. The molecule has 0 unspecified atom stereocenters. The molecule has 0 aliphatic rings. The van der Waals surface area contributed by atoms with E-state index < -0.39 is 5.97 Å². The van der Waals surface area contributed by atoms with Gasteiger partial charge in [0.1, 0.15) is 22.8 Å². The molecule has 96 valence electrons. The number of esters is 1. The van der Waals surface area contributed by atoms with Crippen molar-refractivity contribution in [1.82, 2.24) is 9.78 Å². The van der Waals surface area contributed by atoms with Gasteiger partial charge in [0, 0.05) is 7.05 Å². The molecule has 0 aliphatic heterocycles. The summed E-state index contributed by atoms with van der Waals surface area (Å²) in [5.74, 6) is 1.36. The monoisotopic (exact) mass is 248 g/mol. The highest BCUT2D eigenvalue weighted by Gasteiger charge is 2.19. The molecule has 2 heterocycles. The number of rotatable bonds is 2. The molecule has 0 N–H and O–H groups in total. The average molecular weight is 248 g/mol. The van der Waals surface area contributed by atoms with E-state index >= 15 is 0 Å².